The monoisotopic (exact) mass is 497 g/mol. The summed E-state index contributed by atoms with van der Waals surface area (Å²) in [6.07, 6.45) is 3.05. The molecule has 0 radical (unpaired) electrons. The van der Waals surface area contributed by atoms with Crippen molar-refractivity contribution in [1.29, 1.82) is 0 Å². The molecule has 182 valence electrons. The van der Waals surface area contributed by atoms with Crippen molar-refractivity contribution >= 4 is 39.2 Å². The predicted molar refractivity (Wildman–Crippen MR) is 144 cm³/mol. The lowest BCUT2D eigenvalue weighted by Gasteiger charge is -2.30. The van der Waals surface area contributed by atoms with Crippen LogP contribution in [0.2, 0.25) is 0 Å². The van der Waals surface area contributed by atoms with E-state index in [2.05, 4.69) is 13.0 Å². The lowest BCUT2D eigenvalue weighted by molar-refractivity contribution is -0.131. The van der Waals surface area contributed by atoms with Crippen LogP contribution in [0.1, 0.15) is 62.6 Å². The minimum atomic E-state index is -0.00900. The molecule has 4 rings (SSSR count). The van der Waals surface area contributed by atoms with Gasteiger partial charge >= 0.3 is 0 Å². The van der Waals surface area contributed by atoms with Crippen LogP contribution in [0, 0.1) is 19.8 Å². The minimum Gasteiger partial charge on any atom is -0.337 e. The summed E-state index contributed by atoms with van der Waals surface area (Å²) in [7, 11) is 0. The van der Waals surface area contributed by atoms with E-state index >= 15 is 0 Å². The number of carbonyl (C=O) groups is 1. The van der Waals surface area contributed by atoms with Gasteiger partial charge in [0.25, 0.3) is 5.56 Å². The van der Waals surface area contributed by atoms with Crippen LogP contribution in [0.4, 0.5) is 0 Å². The first-order valence-corrected chi connectivity index (χ1v) is 14.0. The Bertz CT molecular complexity index is 1280. The number of hydrogen-bond donors (Lipinski definition) is 0. The molecule has 34 heavy (non-hydrogen) atoms. The number of nitrogens with zero attached hydrogens (tertiary/aromatic N) is 3. The van der Waals surface area contributed by atoms with E-state index < -0.39 is 0 Å². The van der Waals surface area contributed by atoms with Gasteiger partial charge in [-0.15, -0.1) is 11.3 Å². The maximum atomic E-state index is 14.0. The van der Waals surface area contributed by atoms with Crippen molar-refractivity contribution in [1.82, 2.24) is 14.5 Å². The van der Waals surface area contributed by atoms with Gasteiger partial charge in [0.1, 0.15) is 4.83 Å². The summed E-state index contributed by atoms with van der Waals surface area (Å²) >= 11 is 3.03. The number of thioether (sulfide) groups is 1. The van der Waals surface area contributed by atoms with Gasteiger partial charge in [0.2, 0.25) is 5.91 Å². The fourth-order valence-corrected chi connectivity index (χ4v) is 7.31. The van der Waals surface area contributed by atoms with E-state index in [0.717, 1.165) is 46.3 Å². The fraction of sp³-hybridized carbons (Fsp3) is 0.519. The fourth-order valence-electron chi connectivity index (χ4n) is 5.01. The van der Waals surface area contributed by atoms with Crippen molar-refractivity contribution in [3.63, 3.8) is 0 Å². The normalized spacial score (nSPS) is 15.9. The molecule has 1 aliphatic rings. The third-order valence-electron chi connectivity index (χ3n) is 6.63. The first kappa shape index (κ1) is 25.0. The van der Waals surface area contributed by atoms with Gasteiger partial charge in [-0.1, -0.05) is 30.8 Å². The average Bonchev–Trinajstić information content (AvgIpc) is 3.11. The highest BCUT2D eigenvalue weighted by Gasteiger charge is 2.27. The van der Waals surface area contributed by atoms with Crippen LogP contribution < -0.4 is 5.56 Å². The second-order valence-corrected chi connectivity index (χ2v) is 12.2. The van der Waals surface area contributed by atoms with Crippen molar-refractivity contribution in [3.8, 4) is 5.69 Å². The van der Waals surface area contributed by atoms with Crippen molar-refractivity contribution in [2.45, 2.75) is 85.0 Å². The van der Waals surface area contributed by atoms with Crippen LogP contribution in [0.25, 0.3) is 15.9 Å². The molecule has 1 aromatic carbocycles. The Balaban J connectivity index is 1.85. The highest BCUT2D eigenvalue weighted by molar-refractivity contribution is 7.99. The first-order chi connectivity index (χ1) is 16.1. The maximum absolute atomic E-state index is 14.0. The number of rotatable bonds is 6. The number of carbonyl (C=O) groups excluding carboxylic acids is 1. The summed E-state index contributed by atoms with van der Waals surface area (Å²) in [6.45, 7) is 14.5. The van der Waals surface area contributed by atoms with Gasteiger partial charge in [0.05, 0.1) is 16.8 Å². The minimum absolute atomic E-state index is 0.00900. The molecule has 5 nitrogen and oxygen atoms in total. The zero-order valence-electron chi connectivity index (χ0n) is 21.3. The molecule has 1 aliphatic carbocycles. The molecule has 2 aromatic heterocycles. The second-order valence-electron chi connectivity index (χ2n) is 10.1. The summed E-state index contributed by atoms with van der Waals surface area (Å²) in [6, 6.07) is 6.39. The number of hydrogen-bond acceptors (Lipinski definition) is 5. The Labute approximate surface area is 210 Å². The molecule has 0 N–H and O–H groups in total. The maximum Gasteiger partial charge on any atom is 0.267 e. The summed E-state index contributed by atoms with van der Waals surface area (Å²) in [5.74, 6) is 0.948. The molecule has 0 bridgehead atoms. The number of benzene rings is 1. The van der Waals surface area contributed by atoms with Gasteiger partial charge < -0.3 is 4.90 Å². The van der Waals surface area contributed by atoms with Crippen molar-refractivity contribution in [2.24, 2.45) is 5.92 Å². The molecule has 7 heteroatoms. The lowest BCUT2D eigenvalue weighted by atomic mass is 9.89. The first-order valence-electron chi connectivity index (χ1n) is 12.2. The molecule has 0 saturated carbocycles. The molecule has 3 aromatic rings. The number of amides is 1. The quantitative estimate of drug-likeness (QED) is 0.313. The van der Waals surface area contributed by atoms with E-state index in [-0.39, 0.29) is 29.3 Å². The summed E-state index contributed by atoms with van der Waals surface area (Å²) in [5.41, 5.74) is 4.14. The summed E-state index contributed by atoms with van der Waals surface area (Å²) < 4.78 is 1.75. The molecular formula is C27H35N3O2S2. The highest BCUT2D eigenvalue weighted by Crippen LogP contribution is 2.37. The second kappa shape index (κ2) is 9.86. The standard InChI is InChI=1S/C27H35N3O2S2/c1-15(2)29(16(3)4)23(31)14-33-27-28-25-24(20-11-9-18(6)13-22(20)34-25)26(32)30(27)21-12-17(5)8-10-19(21)7/h8,10,12,15-16,18H,9,11,13-14H2,1-7H3/t18-/m0/s1. The van der Waals surface area contributed by atoms with Gasteiger partial charge in [-0.2, -0.15) is 0 Å². The van der Waals surface area contributed by atoms with Gasteiger partial charge in [-0.25, -0.2) is 4.98 Å². The molecule has 0 saturated heterocycles. The topological polar surface area (TPSA) is 55.2 Å². The van der Waals surface area contributed by atoms with E-state index in [0.29, 0.717) is 11.1 Å². The van der Waals surface area contributed by atoms with E-state index in [1.807, 2.05) is 58.6 Å². The number of aryl methyl sites for hydroxylation is 3. The van der Waals surface area contributed by atoms with Crippen LogP contribution in [-0.4, -0.2) is 38.2 Å². The largest absolute Gasteiger partial charge is 0.337 e. The zero-order valence-corrected chi connectivity index (χ0v) is 22.9. The van der Waals surface area contributed by atoms with Gasteiger partial charge in [0, 0.05) is 17.0 Å². The third-order valence-corrected chi connectivity index (χ3v) is 8.70. The predicted octanol–water partition coefficient (Wildman–Crippen LogP) is 5.93. The average molecular weight is 498 g/mol. The van der Waals surface area contributed by atoms with Crippen LogP contribution in [-0.2, 0) is 17.6 Å². The van der Waals surface area contributed by atoms with Gasteiger partial charge in [-0.05, 0) is 89.5 Å². The van der Waals surface area contributed by atoms with Crippen LogP contribution >= 0.6 is 23.1 Å². The number of aromatic nitrogens is 2. The van der Waals surface area contributed by atoms with E-state index in [4.69, 9.17) is 4.98 Å². The van der Waals surface area contributed by atoms with E-state index in [1.165, 1.54) is 22.2 Å². The molecular weight excluding hydrogens is 462 g/mol. The number of fused-ring (bicyclic) bond motifs is 3. The lowest BCUT2D eigenvalue weighted by Crippen LogP contribution is -2.43. The smallest absolute Gasteiger partial charge is 0.267 e. The molecule has 2 heterocycles. The molecule has 1 amide bonds. The van der Waals surface area contributed by atoms with E-state index in [9.17, 15) is 9.59 Å². The van der Waals surface area contributed by atoms with Crippen molar-refractivity contribution < 1.29 is 4.79 Å². The van der Waals surface area contributed by atoms with Crippen molar-refractivity contribution in [3.05, 3.63) is 50.1 Å². The van der Waals surface area contributed by atoms with Crippen LogP contribution in [0.15, 0.2) is 28.2 Å². The molecule has 1 atom stereocenters. The van der Waals surface area contributed by atoms with E-state index in [1.54, 1.807) is 15.9 Å². The molecule has 0 aliphatic heterocycles. The molecule has 0 spiro atoms. The number of thiophene rings is 1. The van der Waals surface area contributed by atoms with Crippen LogP contribution in [0.3, 0.4) is 0 Å². The Morgan fingerprint density at radius 3 is 2.62 bits per heavy atom. The third kappa shape index (κ3) is 4.69. The molecule has 0 fully saturated rings. The highest BCUT2D eigenvalue weighted by atomic mass is 32.2. The SMILES string of the molecule is Cc1ccc(C)c(-n2c(SCC(=O)N(C(C)C)C(C)C)nc3sc4c(c3c2=O)CC[C@H](C)C4)c1. The Morgan fingerprint density at radius 1 is 1.24 bits per heavy atom. The molecule has 0 unspecified atom stereocenters. The Kier molecular flexibility index (Phi) is 7.25. The van der Waals surface area contributed by atoms with Gasteiger partial charge in [0.15, 0.2) is 5.16 Å². The van der Waals surface area contributed by atoms with Crippen molar-refractivity contribution in [2.75, 3.05) is 5.75 Å². The summed E-state index contributed by atoms with van der Waals surface area (Å²) in [5, 5.41) is 1.37. The Morgan fingerprint density at radius 2 is 1.94 bits per heavy atom. The zero-order chi connectivity index (χ0) is 24.7. The van der Waals surface area contributed by atoms with Gasteiger partial charge in [-0.3, -0.25) is 14.2 Å². The summed E-state index contributed by atoms with van der Waals surface area (Å²) in [4.78, 5) is 36.2. The Hall–Kier alpha value is -2.12. The van der Waals surface area contributed by atoms with Crippen LogP contribution in [0.5, 0.6) is 0 Å².